The summed E-state index contributed by atoms with van der Waals surface area (Å²) in [5.41, 5.74) is 1.01. The van der Waals surface area contributed by atoms with E-state index in [-0.39, 0.29) is 0 Å². The maximum atomic E-state index is 12.3. The van der Waals surface area contributed by atoms with E-state index in [1.165, 1.54) is 4.57 Å². The lowest BCUT2D eigenvalue weighted by Gasteiger charge is -2.20. The summed E-state index contributed by atoms with van der Waals surface area (Å²) in [5, 5.41) is 14.5. The van der Waals surface area contributed by atoms with Crippen molar-refractivity contribution in [3.05, 3.63) is 36.0 Å². The summed E-state index contributed by atoms with van der Waals surface area (Å²) in [4.78, 5) is 12.3. The van der Waals surface area contributed by atoms with Gasteiger partial charge in [0.05, 0.1) is 11.6 Å². The first-order valence-corrected chi connectivity index (χ1v) is 8.05. The zero-order valence-corrected chi connectivity index (χ0v) is 14.3. The van der Waals surface area contributed by atoms with Crippen LogP contribution in [0.5, 0.6) is 0 Å². The standard InChI is InChI=1S/C18H26N2O3/c1-5-10-19-12-16(21)14-7-6-8-15-13(14)9-11-20(15)17(22)23-18(2,3)4/h6-9,11,16,19,21H,5,10,12H2,1-4H3. The number of nitrogens with zero attached hydrogens (tertiary/aromatic N) is 1. The van der Waals surface area contributed by atoms with Crippen LogP contribution in [-0.2, 0) is 4.74 Å². The second-order valence-electron chi connectivity index (χ2n) is 6.67. The Hall–Kier alpha value is -1.85. The van der Waals surface area contributed by atoms with Crippen molar-refractivity contribution in [2.45, 2.75) is 45.8 Å². The molecule has 0 saturated carbocycles. The highest BCUT2D eigenvalue weighted by Gasteiger charge is 2.20. The Labute approximate surface area is 137 Å². The van der Waals surface area contributed by atoms with E-state index in [1.807, 2.05) is 45.0 Å². The molecule has 1 unspecified atom stereocenters. The molecule has 2 N–H and O–H groups in total. The molecular formula is C18H26N2O3. The molecule has 0 aliphatic carbocycles. The Morgan fingerprint density at radius 3 is 2.74 bits per heavy atom. The van der Waals surface area contributed by atoms with Gasteiger partial charge in [0.1, 0.15) is 5.60 Å². The van der Waals surface area contributed by atoms with Crippen LogP contribution in [0, 0.1) is 0 Å². The smallest absolute Gasteiger partial charge is 0.418 e. The molecule has 1 aromatic carbocycles. The van der Waals surface area contributed by atoms with E-state index in [9.17, 15) is 9.90 Å². The highest BCUT2D eigenvalue weighted by atomic mass is 16.6. The van der Waals surface area contributed by atoms with Crippen molar-refractivity contribution in [1.29, 1.82) is 0 Å². The van der Waals surface area contributed by atoms with Gasteiger partial charge in [-0.05, 0) is 51.4 Å². The molecule has 0 amide bonds. The highest BCUT2D eigenvalue weighted by molar-refractivity contribution is 5.91. The van der Waals surface area contributed by atoms with Crippen LogP contribution in [0.1, 0.15) is 45.8 Å². The number of rotatable bonds is 5. The Kier molecular flexibility index (Phi) is 5.44. The normalized spacial score (nSPS) is 13.3. The van der Waals surface area contributed by atoms with Crippen molar-refractivity contribution >= 4 is 17.0 Å². The van der Waals surface area contributed by atoms with Crippen molar-refractivity contribution in [2.75, 3.05) is 13.1 Å². The lowest BCUT2D eigenvalue weighted by Crippen LogP contribution is -2.26. The molecule has 5 heteroatoms. The summed E-state index contributed by atoms with van der Waals surface area (Å²) in [7, 11) is 0. The van der Waals surface area contributed by atoms with Crippen LogP contribution in [0.15, 0.2) is 30.5 Å². The molecule has 0 radical (unpaired) electrons. The number of nitrogens with one attached hydrogen (secondary N) is 1. The van der Waals surface area contributed by atoms with Crippen molar-refractivity contribution in [3.8, 4) is 0 Å². The number of aliphatic hydroxyl groups is 1. The van der Waals surface area contributed by atoms with Gasteiger partial charge in [-0.2, -0.15) is 0 Å². The predicted octanol–water partition coefficient (Wildman–Crippen LogP) is 3.46. The Morgan fingerprint density at radius 1 is 1.35 bits per heavy atom. The van der Waals surface area contributed by atoms with E-state index in [2.05, 4.69) is 12.2 Å². The Bertz CT molecular complexity index is 670. The maximum absolute atomic E-state index is 12.3. The highest BCUT2D eigenvalue weighted by Crippen LogP contribution is 2.26. The van der Waals surface area contributed by atoms with Crippen molar-refractivity contribution < 1.29 is 14.6 Å². The summed E-state index contributed by atoms with van der Waals surface area (Å²) in [6, 6.07) is 7.44. The lowest BCUT2D eigenvalue weighted by atomic mass is 10.0. The SMILES string of the molecule is CCCNCC(O)c1cccc2c1ccn2C(=O)OC(C)(C)C. The molecule has 0 fully saturated rings. The van der Waals surface area contributed by atoms with Gasteiger partial charge in [-0.25, -0.2) is 4.79 Å². The fourth-order valence-corrected chi connectivity index (χ4v) is 2.48. The third-order valence-electron chi connectivity index (χ3n) is 3.48. The monoisotopic (exact) mass is 318 g/mol. The maximum Gasteiger partial charge on any atom is 0.418 e. The largest absolute Gasteiger partial charge is 0.443 e. The van der Waals surface area contributed by atoms with E-state index < -0.39 is 17.8 Å². The number of aromatic nitrogens is 1. The van der Waals surface area contributed by atoms with Gasteiger partial charge in [0.2, 0.25) is 0 Å². The van der Waals surface area contributed by atoms with Gasteiger partial charge in [-0.3, -0.25) is 4.57 Å². The summed E-state index contributed by atoms with van der Waals surface area (Å²) < 4.78 is 6.90. The van der Waals surface area contributed by atoms with E-state index in [1.54, 1.807) is 6.20 Å². The van der Waals surface area contributed by atoms with E-state index in [0.29, 0.717) is 6.54 Å². The topological polar surface area (TPSA) is 63.5 Å². The van der Waals surface area contributed by atoms with Crippen molar-refractivity contribution in [1.82, 2.24) is 9.88 Å². The number of ether oxygens (including phenoxy) is 1. The molecular weight excluding hydrogens is 292 g/mol. The van der Waals surface area contributed by atoms with Gasteiger partial charge >= 0.3 is 6.09 Å². The third-order valence-corrected chi connectivity index (χ3v) is 3.48. The van der Waals surface area contributed by atoms with Crippen molar-refractivity contribution in [2.24, 2.45) is 0 Å². The molecule has 23 heavy (non-hydrogen) atoms. The van der Waals surface area contributed by atoms with E-state index in [4.69, 9.17) is 4.74 Å². The summed E-state index contributed by atoms with van der Waals surface area (Å²) in [6.07, 6.45) is 1.68. The van der Waals surface area contributed by atoms with Crippen LogP contribution in [0.25, 0.3) is 10.9 Å². The molecule has 0 spiro atoms. The number of benzene rings is 1. The minimum absolute atomic E-state index is 0.414. The van der Waals surface area contributed by atoms with Crippen LogP contribution in [0.4, 0.5) is 4.79 Å². The molecule has 0 aliphatic rings. The lowest BCUT2D eigenvalue weighted by molar-refractivity contribution is 0.0544. The van der Waals surface area contributed by atoms with Crippen molar-refractivity contribution in [3.63, 3.8) is 0 Å². The fraction of sp³-hybridized carbons (Fsp3) is 0.500. The second-order valence-corrected chi connectivity index (χ2v) is 6.67. The number of carbonyl (C=O) groups excluding carboxylic acids is 1. The summed E-state index contributed by atoms with van der Waals surface area (Å²) in [6.45, 7) is 8.96. The first-order valence-electron chi connectivity index (χ1n) is 8.05. The zero-order chi connectivity index (χ0) is 17.0. The molecule has 1 heterocycles. The molecule has 0 saturated heterocycles. The molecule has 126 valence electrons. The number of hydrogen-bond donors (Lipinski definition) is 2. The number of carbonyl (C=O) groups is 1. The predicted molar refractivity (Wildman–Crippen MR) is 91.7 cm³/mol. The van der Waals surface area contributed by atoms with Crippen LogP contribution in [0.2, 0.25) is 0 Å². The van der Waals surface area contributed by atoms with Gasteiger partial charge in [-0.1, -0.05) is 19.1 Å². The molecule has 1 atom stereocenters. The van der Waals surface area contributed by atoms with Gasteiger partial charge in [0, 0.05) is 18.1 Å². The fourth-order valence-electron chi connectivity index (χ4n) is 2.48. The molecule has 1 aromatic heterocycles. The number of hydrogen-bond acceptors (Lipinski definition) is 4. The zero-order valence-electron chi connectivity index (χ0n) is 14.3. The minimum Gasteiger partial charge on any atom is -0.443 e. The Morgan fingerprint density at radius 2 is 2.09 bits per heavy atom. The van der Waals surface area contributed by atoms with Gasteiger partial charge in [0.25, 0.3) is 0 Å². The van der Waals surface area contributed by atoms with Gasteiger partial charge < -0.3 is 15.2 Å². The van der Waals surface area contributed by atoms with Crippen LogP contribution < -0.4 is 5.32 Å². The number of aliphatic hydroxyl groups excluding tert-OH is 1. The average molecular weight is 318 g/mol. The summed E-state index contributed by atoms with van der Waals surface area (Å²) in [5.74, 6) is 0. The van der Waals surface area contributed by atoms with Gasteiger partial charge in [-0.15, -0.1) is 0 Å². The molecule has 0 bridgehead atoms. The third kappa shape index (κ3) is 4.33. The molecule has 0 aliphatic heterocycles. The quantitative estimate of drug-likeness (QED) is 0.829. The van der Waals surface area contributed by atoms with Crippen LogP contribution >= 0.6 is 0 Å². The average Bonchev–Trinajstić information content (AvgIpc) is 2.89. The Balaban J connectivity index is 2.28. The van der Waals surface area contributed by atoms with E-state index >= 15 is 0 Å². The molecule has 2 aromatic rings. The first kappa shape index (κ1) is 17.5. The summed E-state index contributed by atoms with van der Waals surface area (Å²) >= 11 is 0. The molecule has 2 rings (SSSR count). The molecule has 5 nitrogen and oxygen atoms in total. The van der Waals surface area contributed by atoms with Gasteiger partial charge in [0.15, 0.2) is 0 Å². The van der Waals surface area contributed by atoms with Crippen LogP contribution in [-0.4, -0.2) is 34.5 Å². The number of fused-ring (bicyclic) bond motifs is 1. The second kappa shape index (κ2) is 7.15. The first-order chi connectivity index (χ1) is 10.8. The minimum atomic E-state index is -0.611. The van der Waals surface area contributed by atoms with Crippen LogP contribution in [0.3, 0.4) is 0 Å². The van der Waals surface area contributed by atoms with E-state index in [0.717, 1.165) is 29.4 Å².